The second-order valence-electron chi connectivity index (χ2n) is 12.0. The SMILES string of the molecule is CSCCC(NC(=O)OC(C)(C)C)C(=O)N(C(C(=O)Nc1ccc2ccccc2c1)c1cccc(C)c1O)C1CC1C. The fourth-order valence-electron chi connectivity index (χ4n) is 5.09. The van der Waals surface area contributed by atoms with E-state index < -0.39 is 29.7 Å². The number of alkyl carbamates (subject to hydrolysis) is 1. The zero-order chi connectivity index (χ0) is 30.6. The number of ether oxygens (including phenoxy) is 1. The van der Waals surface area contributed by atoms with E-state index in [1.165, 1.54) is 0 Å². The smallest absolute Gasteiger partial charge is 0.408 e. The summed E-state index contributed by atoms with van der Waals surface area (Å²) in [6.45, 7) is 9.07. The first-order valence-electron chi connectivity index (χ1n) is 14.3. The molecule has 4 unspecified atom stereocenters. The molecule has 4 atom stereocenters. The van der Waals surface area contributed by atoms with Crippen LogP contribution in [0.5, 0.6) is 5.75 Å². The van der Waals surface area contributed by atoms with E-state index in [0.717, 1.165) is 10.8 Å². The minimum atomic E-state index is -1.13. The van der Waals surface area contributed by atoms with Crippen molar-refractivity contribution in [2.24, 2.45) is 5.92 Å². The Kier molecular flexibility index (Phi) is 9.71. The summed E-state index contributed by atoms with van der Waals surface area (Å²) in [6.07, 6.45) is 2.30. The van der Waals surface area contributed by atoms with Crippen LogP contribution in [0.3, 0.4) is 0 Å². The van der Waals surface area contributed by atoms with Crippen molar-refractivity contribution >= 4 is 46.1 Å². The molecule has 0 spiro atoms. The minimum Gasteiger partial charge on any atom is -0.507 e. The Bertz CT molecular complexity index is 1450. The Morgan fingerprint density at radius 1 is 1.07 bits per heavy atom. The van der Waals surface area contributed by atoms with Crippen LogP contribution in [0.1, 0.15) is 57.7 Å². The first kappa shape index (κ1) is 31.2. The van der Waals surface area contributed by atoms with E-state index in [1.807, 2.05) is 55.6 Å². The van der Waals surface area contributed by atoms with Gasteiger partial charge in [-0.2, -0.15) is 11.8 Å². The average Bonchev–Trinajstić information content (AvgIpc) is 3.65. The molecule has 42 heavy (non-hydrogen) atoms. The fraction of sp³-hybridized carbons (Fsp3) is 0.424. The van der Waals surface area contributed by atoms with Crippen LogP contribution in [0.15, 0.2) is 60.7 Å². The molecule has 1 aliphatic rings. The molecule has 224 valence electrons. The van der Waals surface area contributed by atoms with Crippen LogP contribution in [0.2, 0.25) is 0 Å². The highest BCUT2D eigenvalue weighted by atomic mass is 32.2. The summed E-state index contributed by atoms with van der Waals surface area (Å²) in [6, 6.07) is 16.4. The van der Waals surface area contributed by atoms with Gasteiger partial charge in [0.2, 0.25) is 5.91 Å². The van der Waals surface area contributed by atoms with Crippen molar-refractivity contribution in [2.45, 2.75) is 71.2 Å². The quantitative estimate of drug-likeness (QED) is 0.251. The molecular weight excluding hydrogens is 550 g/mol. The highest BCUT2D eigenvalue weighted by Crippen LogP contribution is 2.43. The summed E-state index contributed by atoms with van der Waals surface area (Å²) in [5, 5.41) is 18.9. The van der Waals surface area contributed by atoms with Crippen LogP contribution in [-0.2, 0) is 14.3 Å². The number of phenolic OH excluding ortho intramolecular Hbond substituents is 1. The molecule has 0 saturated heterocycles. The molecule has 8 nitrogen and oxygen atoms in total. The second kappa shape index (κ2) is 13.1. The van der Waals surface area contributed by atoms with Gasteiger partial charge < -0.3 is 25.4 Å². The van der Waals surface area contributed by atoms with Crippen molar-refractivity contribution in [3.05, 3.63) is 71.8 Å². The van der Waals surface area contributed by atoms with E-state index in [9.17, 15) is 19.5 Å². The first-order chi connectivity index (χ1) is 19.9. The van der Waals surface area contributed by atoms with Crippen LogP contribution in [-0.4, -0.2) is 57.6 Å². The maximum Gasteiger partial charge on any atom is 0.408 e. The lowest BCUT2D eigenvalue weighted by Gasteiger charge is -2.35. The third kappa shape index (κ3) is 7.56. The van der Waals surface area contributed by atoms with Gasteiger partial charge in [-0.25, -0.2) is 4.79 Å². The molecule has 1 aliphatic carbocycles. The largest absolute Gasteiger partial charge is 0.507 e. The molecule has 1 saturated carbocycles. The lowest BCUT2D eigenvalue weighted by atomic mass is 9.98. The lowest BCUT2D eigenvalue weighted by Crippen LogP contribution is -2.53. The fourth-order valence-corrected chi connectivity index (χ4v) is 5.56. The third-order valence-electron chi connectivity index (χ3n) is 7.39. The molecule has 0 aromatic heterocycles. The van der Waals surface area contributed by atoms with Crippen molar-refractivity contribution in [1.82, 2.24) is 10.2 Å². The summed E-state index contributed by atoms with van der Waals surface area (Å²) in [4.78, 5) is 43.0. The highest BCUT2D eigenvalue weighted by molar-refractivity contribution is 7.98. The number of amides is 3. The number of aromatic hydroxyl groups is 1. The molecule has 0 aliphatic heterocycles. The van der Waals surface area contributed by atoms with Crippen LogP contribution in [0, 0.1) is 12.8 Å². The molecule has 0 radical (unpaired) electrons. The maximum absolute atomic E-state index is 14.4. The van der Waals surface area contributed by atoms with E-state index in [4.69, 9.17) is 4.74 Å². The van der Waals surface area contributed by atoms with E-state index in [0.29, 0.717) is 35.4 Å². The van der Waals surface area contributed by atoms with Gasteiger partial charge in [-0.3, -0.25) is 9.59 Å². The Morgan fingerprint density at radius 3 is 2.40 bits per heavy atom. The summed E-state index contributed by atoms with van der Waals surface area (Å²) >= 11 is 1.56. The van der Waals surface area contributed by atoms with E-state index in [2.05, 4.69) is 10.6 Å². The van der Waals surface area contributed by atoms with Crippen molar-refractivity contribution in [3.63, 3.8) is 0 Å². The molecule has 3 N–H and O–H groups in total. The van der Waals surface area contributed by atoms with Crippen molar-refractivity contribution < 1.29 is 24.2 Å². The molecule has 4 rings (SSSR count). The van der Waals surface area contributed by atoms with Crippen molar-refractivity contribution in [3.8, 4) is 5.75 Å². The molecule has 1 fully saturated rings. The van der Waals surface area contributed by atoms with Gasteiger partial charge in [-0.15, -0.1) is 0 Å². The van der Waals surface area contributed by atoms with Gasteiger partial charge in [0.05, 0.1) is 0 Å². The monoisotopic (exact) mass is 591 g/mol. The van der Waals surface area contributed by atoms with E-state index in [-0.39, 0.29) is 23.6 Å². The number of para-hydroxylation sites is 1. The van der Waals surface area contributed by atoms with E-state index in [1.54, 1.807) is 62.6 Å². The topological polar surface area (TPSA) is 108 Å². The lowest BCUT2D eigenvalue weighted by molar-refractivity contribution is -0.141. The summed E-state index contributed by atoms with van der Waals surface area (Å²) in [5.41, 5.74) is 0.773. The third-order valence-corrected chi connectivity index (χ3v) is 8.03. The number of thioether (sulfide) groups is 1. The van der Waals surface area contributed by atoms with Crippen molar-refractivity contribution in [2.75, 3.05) is 17.3 Å². The average molecular weight is 592 g/mol. The maximum atomic E-state index is 14.4. The summed E-state index contributed by atoms with van der Waals surface area (Å²) < 4.78 is 5.47. The molecule has 0 heterocycles. The second-order valence-corrected chi connectivity index (χ2v) is 13.0. The number of anilines is 1. The number of nitrogens with zero attached hydrogens (tertiary/aromatic N) is 1. The van der Waals surface area contributed by atoms with Gasteiger partial charge in [0, 0.05) is 17.3 Å². The molecule has 3 amide bonds. The van der Waals surface area contributed by atoms with Crippen LogP contribution < -0.4 is 10.6 Å². The number of benzene rings is 3. The first-order valence-corrected chi connectivity index (χ1v) is 15.7. The number of aryl methyl sites for hydroxylation is 1. The zero-order valence-corrected chi connectivity index (χ0v) is 26.0. The van der Waals surface area contributed by atoms with Crippen LogP contribution >= 0.6 is 11.8 Å². The number of hydrogen-bond acceptors (Lipinski definition) is 6. The van der Waals surface area contributed by atoms with Crippen molar-refractivity contribution in [1.29, 1.82) is 0 Å². The van der Waals surface area contributed by atoms with Gasteiger partial charge >= 0.3 is 6.09 Å². The number of nitrogens with one attached hydrogen (secondary N) is 2. The molecule has 0 bridgehead atoms. The van der Waals surface area contributed by atoms with Gasteiger partial charge in [-0.05, 0) is 86.9 Å². The Morgan fingerprint density at radius 2 is 1.76 bits per heavy atom. The molecule has 3 aromatic carbocycles. The number of phenols is 1. The van der Waals surface area contributed by atoms with Gasteiger partial charge in [0.1, 0.15) is 23.4 Å². The Hall–Kier alpha value is -3.72. The standard InChI is InChI=1S/C33H41N3O5S/c1-20-10-9-13-25(29(20)37)28(30(38)34-24-15-14-22-11-7-8-12-23(22)19-24)36(27-18-21(27)2)31(39)26(16-17-42-6)35-32(40)41-33(3,4)5/h7-15,19,21,26-28,37H,16-18H2,1-6H3,(H,34,38)(H,35,40). The molecule has 3 aromatic rings. The predicted octanol–water partition coefficient (Wildman–Crippen LogP) is 6.42. The summed E-state index contributed by atoms with van der Waals surface area (Å²) in [7, 11) is 0. The Labute approximate surface area is 252 Å². The minimum absolute atomic E-state index is 0.0389. The number of fused-ring (bicyclic) bond motifs is 1. The number of carbonyl (C=O) groups excluding carboxylic acids is 3. The van der Waals surface area contributed by atoms with Crippen LogP contribution in [0.25, 0.3) is 10.8 Å². The zero-order valence-electron chi connectivity index (χ0n) is 25.1. The number of carbonyl (C=O) groups is 3. The van der Waals surface area contributed by atoms with Gasteiger partial charge in [0.25, 0.3) is 5.91 Å². The summed E-state index contributed by atoms with van der Waals surface area (Å²) in [5.74, 6) is -0.102. The van der Waals surface area contributed by atoms with E-state index >= 15 is 0 Å². The highest BCUT2D eigenvalue weighted by Gasteiger charge is 2.48. The molecular formula is C33H41N3O5S. The molecule has 9 heteroatoms. The normalized spacial score (nSPS) is 17.7. The van der Waals surface area contributed by atoms with Gasteiger partial charge in [-0.1, -0.05) is 55.5 Å². The van der Waals surface area contributed by atoms with Crippen LogP contribution in [0.4, 0.5) is 10.5 Å². The van der Waals surface area contributed by atoms with Gasteiger partial charge in [0.15, 0.2) is 0 Å². The predicted molar refractivity (Wildman–Crippen MR) is 169 cm³/mol. The number of rotatable bonds is 10. The Balaban J connectivity index is 1.74. The number of hydrogen-bond donors (Lipinski definition) is 3.